The second-order valence-electron chi connectivity index (χ2n) is 3.21. The Bertz CT molecular complexity index is 357. The van der Waals surface area contributed by atoms with E-state index in [0.29, 0.717) is 0 Å². The fourth-order valence-electron chi connectivity index (χ4n) is 1.20. The molecule has 0 aromatic heterocycles. The number of hydrogen-bond acceptors (Lipinski definition) is 2. The van der Waals surface area contributed by atoms with Crippen molar-refractivity contribution in [1.82, 2.24) is 0 Å². The standard InChI is InChI=1S/C10H12BrNO2.ClH/c1-6-4-7(2-3-8(6)11)9(12)5-10(13)14;/h2-4,9H,5,12H2,1H3,(H,13,14);1H. The van der Waals surface area contributed by atoms with Crippen LogP contribution < -0.4 is 5.73 Å². The average molecular weight is 295 g/mol. The highest BCUT2D eigenvalue weighted by Gasteiger charge is 2.10. The van der Waals surface area contributed by atoms with E-state index in [4.69, 9.17) is 10.8 Å². The van der Waals surface area contributed by atoms with Gasteiger partial charge in [-0.05, 0) is 24.1 Å². The predicted octanol–water partition coefficient (Wildman–Crippen LogP) is 2.65. The van der Waals surface area contributed by atoms with Gasteiger partial charge >= 0.3 is 5.97 Å². The van der Waals surface area contributed by atoms with E-state index < -0.39 is 12.0 Å². The Balaban J connectivity index is 0.00000196. The number of aryl methyl sites for hydroxylation is 1. The first-order valence-electron chi connectivity index (χ1n) is 4.24. The summed E-state index contributed by atoms with van der Waals surface area (Å²) in [7, 11) is 0. The Hall–Kier alpha value is -0.580. The molecule has 15 heavy (non-hydrogen) atoms. The molecule has 1 aromatic carbocycles. The molecule has 0 aliphatic carbocycles. The fourth-order valence-corrected chi connectivity index (χ4v) is 1.45. The molecule has 84 valence electrons. The van der Waals surface area contributed by atoms with E-state index in [-0.39, 0.29) is 18.8 Å². The van der Waals surface area contributed by atoms with Gasteiger partial charge in [0, 0.05) is 10.5 Å². The van der Waals surface area contributed by atoms with Crippen LogP contribution in [0.1, 0.15) is 23.6 Å². The van der Waals surface area contributed by atoms with Crippen LogP contribution >= 0.6 is 28.3 Å². The van der Waals surface area contributed by atoms with E-state index in [1.165, 1.54) is 0 Å². The van der Waals surface area contributed by atoms with E-state index in [1.54, 1.807) is 0 Å². The van der Waals surface area contributed by atoms with Crippen LogP contribution in [-0.4, -0.2) is 11.1 Å². The lowest BCUT2D eigenvalue weighted by atomic mass is 10.0. The van der Waals surface area contributed by atoms with Crippen molar-refractivity contribution in [1.29, 1.82) is 0 Å². The zero-order chi connectivity index (χ0) is 10.7. The van der Waals surface area contributed by atoms with Crippen molar-refractivity contribution < 1.29 is 9.90 Å². The second kappa shape index (κ2) is 6.10. The maximum Gasteiger partial charge on any atom is 0.305 e. The highest BCUT2D eigenvalue weighted by molar-refractivity contribution is 9.10. The summed E-state index contributed by atoms with van der Waals surface area (Å²) < 4.78 is 1.00. The normalized spacial score (nSPS) is 11.7. The maximum absolute atomic E-state index is 10.4. The highest BCUT2D eigenvalue weighted by Crippen LogP contribution is 2.21. The lowest BCUT2D eigenvalue weighted by Gasteiger charge is -2.10. The van der Waals surface area contributed by atoms with Crippen LogP contribution in [-0.2, 0) is 4.79 Å². The zero-order valence-corrected chi connectivity index (χ0v) is 10.6. The molecule has 0 spiro atoms. The molecule has 1 aromatic rings. The Morgan fingerprint density at radius 1 is 1.60 bits per heavy atom. The van der Waals surface area contributed by atoms with E-state index in [0.717, 1.165) is 15.6 Å². The van der Waals surface area contributed by atoms with Gasteiger partial charge in [0.1, 0.15) is 0 Å². The van der Waals surface area contributed by atoms with Crippen LogP contribution in [0.15, 0.2) is 22.7 Å². The molecule has 0 saturated heterocycles. The summed E-state index contributed by atoms with van der Waals surface area (Å²) in [4.78, 5) is 10.4. The smallest absolute Gasteiger partial charge is 0.305 e. The lowest BCUT2D eigenvalue weighted by Crippen LogP contribution is -2.15. The Kier molecular flexibility index (Phi) is 5.87. The number of carboxylic acids is 1. The summed E-state index contributed by atoms with van der Waals surface area (Å²) in [6, 6.07) is 5.19. The van der Waals surface area contributed by atoms with Crippen molar-refractivity contribution in [3.63, 3.8) is 0 Å². The van der Waals surface area contributed by atoms with E-state index >= 15 is 0 Å². The Morgan fingerprint density at radius 2 is 2.20 bits per heavy atom. The monoisotopic (exact) mass is 293 g/mol. The molecule has 0 radical (unpaired) electrons. The number of hydrogen-bond donors (Lipinski definition) is 2. The van der Waals surface area contributed by atoms with Crippen molar-refractivity contribution in [2.45, 2.75) is 19.4 Å². The number of rotatable bonds is 3. The van der Waals surface area contributed by atoms with Crippen molar-refractivity contribution in [3.05, 3.63) is 33.8 Å². The summed E-state index contributed by atoms with van der Waals surface area (Å²) in [5, 5.41) is 8.58. The molecule has 3 nitrogen and oxygen atoms in total. The molecular weight excluding hydrogens is 281 g/mol. The lowest BCUT2D eigenvalue weighted by molar-refractivity contribution is -0.137. The first-order chi connectivity index (χ1) is 6.50. The van der Waals surface area contributed by atoms with E-state index in [1.807, 2.05) is 25.1 Å². The number of carboxylic acid groups (broad SMARTS) is 1. The van der Waals surface area contributed by atoms with Gasteiger partial charge in [-0.25, -0.2) is 0 Å². The van der Waals surface area contributed by atoms with Gasteiger partial charge in [-0.2, -0.15) is 0 Å². The van der Waals surface area contributed by atoms with Crippen LogP contribution in [0.25, 0.3) is 0 Å². The van der Waals surface area contributed by atoms with Crippen molar-refractivity contribution in [2.75, 3.05) is 0 Å². The fraction of sp³-hybridized carbons (Fsp3) is 0.300. The molecule has 0 saturated carbocycles. The summed E-state index contributed by atoms with van der Waals surface area (Å²) in [5.41, 5.74) is 7.63. The third kappa shape index (κ3) is 4.20. The molecule has 0 fully saturated rings. The molecule has 0 aliphatic heterocycles. The third-order valence-electron chi connectivity index (χ3n) is 2.00. The van der Waals surface area contributed by atoms with Crippen LogP contribution in [0.3, 0.4) is 0 Å². The van der Waals surface area contributed by atoms with E-state index in [9.17, 15) is 4.79 Å². The minimum atomic E-state index is -0.877. The summed E-state index contributed by atoms with van der Waals surface area (Å²) in [5.74, 6) is -0.877. The molecule has 0 bridgehead atoms. The van der Waals surface area contributed by atoms with Gasteiger partial charge in [0.25, 0.3) is 0 Å². The first kappa shape index (κ1) is 14.4. The van der Waals surface area contributed by atoms with Crippen LogP contribution in [0, 0.1) is 6.92 Å². The van der Waals surface area contributed by atoms with Gasteiger partial charge in [0.05, 0.1) is 6.42 Å². The maximum atomic E-state index is 10.4. The van der Waals surface area contributed by atoms with Gasteiger partial charge in [0.2, 0.25) is 0 Å². The minimum absolute atomic E-state index is 0. The molecule has 1 rings (SSSR count). The average Bonchev–Trinajstić information content (AvgIpc) is 2.08. The van der Waals surface area contributed by atoms with Crippen molar-refractivity contribution in [3.8, 4) is 0 Å². The zero-order valence-electron chi connectivity index (χ0n) is 8.24. The predicted molar refractivity (Wildman–Crippen MR) is 65.3 cm³/mol. The summed E-state index contributed by atoms with van der Waals surface area (Å²) >= 11 is 3.37. The minimum Gasteiger partial charge on any atom is -0.481 e. The van der Waals surface area contributed by atoms with Gasteiger partial charge in [-0.3, -0.25) is 4.79 Å². The van der Waals surface area contributed by atoms with Gasteiger partial charge in [0.15, 0.2) is 0 Å². The molecule has 0 aliphatic rings. The van der Waals surface area contributed by atoms with Gasteiger partial charge in [-0.1, -0.05) is 28.1 Å². The molecule has 1 unspecified atom stereocenters. The largest absolute Gasteiger partial charge is 0.481 e. The summed E-state index contributed by atoms with van der Waals surface area (Å²) in [6.07, 6.45) is -0.0406. The Morgan fingerprint density at radius 3 is 2.67 bits per heavy atom. The summed E-state index contributed by atoms with van der Waals surface area (Å²) in [6.45, 7) is 1.95. The Labute approximate surface area is 103 Å². The number of halogens is 2. The van der Waals surface area contributed by atoms with Crippen molar-refractivity contribution >= 4 is 34.3 Å². The third-order valence-corrected chi connectivity index (χ3v) is 2.89. The quantitative estimate of drug-likeness (QED) is 0.901. The molecule has 3 N–H and O–H groups in total. The molecule has 0 amide bonds. The number of nitrogens with two attached hydrogens (primary N) is 1. The molecule has 5 heteroatoms. The number of carbonyl (C=O) groups is 1. The van der Waals surface area contributed by atoms with Crippen LogP contribution in [0.4, 0.5) is 0 Å². The van der Waals surface area contributed by atoms with Gasteiger partial charge < -0.3 is 10.8 Å². The molecule has 0 heterocycles. The number of benzene rings is 1. The molecule has 1 atom stereocenters. The molecular formula is C10H13BrClNO2. The second-order valence-corrected chi connectivity index (χ2v) is 4.07. The first-order valence-corrected chi connectivity index (χ1v) is 5.03. The van der Waals surface area contributed by atoms with Crippen LogP contribution in [0.2, 0.25) is 0 Å². The van der Waals surface area contributed by atoms with E-state index in [2.05, 4.69) is 15.9 Å². The topological polar surface area (TPSA) is 63.3 Å². The van der Waals surface area contributed by atoms with Gasteiger partial charge in [-0.15, -0.1) is 12.4 Å². The van der Waals surface area contributed by atoms with Crippen LogP contribution in [0.5, 0.6) is 0 Å². The number of aliphatic carboxylic acids is 1. The van der Waals surface area contributed by atoms with Crippen molar-refractivity contribution in [2.24, 2.45) is 5.73 Å². The SMILES string of the molecule is Cc1cc(C(N)CC(=O)O)ccc1Br.Cl. The highest BCUT2D eigenvalue weighted by atomic mass is 79.9.